The number of nitrogens with zero attached hydrogens (tertiary/aromatic N) is 1. The standard InChI is InChI=1S/C16H32N2/c1-4-14-7-5-6-8-18(14)11-15-13(3)9-12(2)10-16(15)17/h12-16H,4-11,17H2,1-3H3. The Morgan fingerprint density at radius 1 is 1.17 bits per heavy atom. The Kier molecular flexibility index (Phi) is 5.08. The number of nitrogens with two attached hydrogens (primary N) is 1. The van der Waals surface area contributed by atoms with Crippen molar-refractivity contribution in [1.82, 2.24) is 4.90 Å². The molecule has 1 heterocycles. The Bertz CT molecular complexity index is 241. The molecule has 2 aliphatic rings. The lowest BCUT2D eigenvalue weighted by molar-refractivity contribution is 0.0711. The minimum absolute atomic E-state index is 0.434. The molecule has 2 heteroatoms. The van der Waals surface area contributed by atoms with Crippen LogP contribution in [0.15, 0.2) is 0 Å². The predicted octanol–water partition coefficient (Wildman–Crippen LogP) is 3.26. The number of hydrogen-bond acceptors (Lipinski definition) is 2. The van der Waals surface area contributed by atoms with Gasteiger partial charge in [-0.15, -0.1) is 0 Å². The summed E-state index contributed by atoms with van der Waals surface area (Å²) in [6.07, 6.45) is 8.15. The van der Waals surface area contributed by atoms with Crippen LogP contribution in [0.3, 0.4) is 0 Å². The summed E-state index contributed by atoms with van der Waals surface area (Å²) in [5, 5.41) is 0. The highest BCUT2D eigenvalue weighted by molar-refractivity contribution is 4.89. The van der Waals surface area contributed by atoms with E-state index in [4.69, 9.17) is 5.73 Å². The maximum absolute atomic E-state index is 6.44. The molecule has 0 bridgehead atoms. The van der Waals surface area contributed by atoms with Gasteiger partial charge in [0, 0.05) is 18.6 Å². The first-order valence-electron chi connectivity index (χ1n) is 8.11. The first-order valence-corrected chi connectivity index (χ1v) is 8.11. The summed E-state index contributed by atoms with van der Waals surface area (Å²) >= 11 is 0. The zero-order valence-electron chi connectivity index (χ0n) is 12.6. The summed E-state index contributed by atoms with van der Waals surface area (Å²) in [6.45, 7) is 9.69. The van der Waals surface area contributed by atoms with E-state index in [-0.39, 0.29) is 0 Å². The first kappa shape index (κ1) is 14.3. The summed E-state index contributed by atoms with van der Waals surface area (Å²) in [7, 11) is 0. The Hall–Kier alpha value is -0.0800. The van der Waals surface area contributed by atoms with Gasteiger partial charge >= 0.3 is 0 Å². The minimum Gasteiger partial charge on any atom is -0.327 e. The molecule has 0 aromatic carbocycles. The maximum atomic E-state index is 6.44. The quantitative estimate of drug-likeness (QED) is 0.835. The van der Waals surface area contributed by atoms with Crippen molar-refractivity contribution in [3.05, 3.63) is 0 Å². The van der Waals surface area contributed by atoms with Crippen LogP contribution in [0.5, 0.6) is 0 Å². The van der Waals surface area contributed by atoms with Crippen molar-refractivity contribution in [1.29, 1.82) is 0 Å². The number of piperidine rings is 1. The molecular formula is C16H32N2. The van der Waals surface area contributed by atoms with E-state index in [9.17, 15) is 0 Å². The normalized spacial score (nSPS) is 43.0. The highest BCUT2D eigenvalue weighted by Crippen LogP contribution is 2.34. The van der Waals surface area contributed by atoms with E-state index in [1.165, 1.54) is 51.6 Å². The van der Waals surface area contributed by atoms with E-state index < -0.39 is 0 Å². The molecule has 0 spiro atoms. The van der Waals surface area contributed by atoms with Crippen molar-refractivity contribution in [2.75, 3.05) is 13.1 Å². The molecule has 2 N–H and O–H groups in total. The Morgan fingerprint density at radius 3 is 2.61 bits per heavy atom. The van der Waals surface area contributed by atoms with Gasteiger partial charge < -0.3 is 10.6 Å². The molecule has 2 nitrogen and oxygen atoms in total. The van der Waals surface area contributed by atoms with Crippen LogP contribution in [0.1, 0.15) is 59.3 Å². The van der Waals surface area contributed by atoms with Crippen molar-refractivity contribution in [3.63, 3.8) is 0 Å². The second-order valence-electron chi connectivity index (χ2n) is 6.93. The topological polar surface area (TPSA) is 29.3 Å². The van der Waals surface area contributed by atoms with Gasteiger partial charge in [0.15, 0.2) is 0 Å². The molecule has 1 saturated heterocycles. The molecule has 0 aromatic rings. The molecule has 0 amide bonds. The molecule has 0 radical (unpaired) electrons. The van der Waals surface area contributed by atoms with Crippen LogP contribution in [0.25, 0.3) is 0 Å². The van der Waals surface area contributed by atoms with E-state index in [0.717, 1.165) is 23.8 Å². The van der Waals surface area contributed by atoms with Gasteiger partial charge in [0.2, 0.25) is 0 Å². The lowest BCUT2D eigenvalue weighted by Gasteiger charge is -2.44. The summed E-state index contributed by atoms with van der Waals surface area (Å²) in [6, 6.07) is 1.26. The molecule has 1 aliphatic heterocycles. The van der Waals surface area contributed by atoms with Gasteiger partial charge in [-0.3, -0.25) is 0 Å². The zero-order chi connectivity index (χ0) is 13.1. The van der Waals surface area contributed by atoms with E-state index in [0.29, 0.717) is 6.04 Å². The summed E-state index contributed by atoms with van der Waals surface area (Å²) in [5.41, 5.74) is 6.44. The SMILES string of the molecule is CCC1CCCCN1CC1C(C)CC(C)CC1N. The largest absolute Gasteiger partial charge is 0.327 e. The molecule has 0 aromatic heterocycles. The van der Waals surface area contributed by atoms with Gasteiger partial charge in [0.1, 0.15) is 0 Å². The van der Waals surface area contributed by atoms with Gasteiger partial charge in [0.05, 0.1) is 0 Å². The molecule has 1 saturated carbocycles. The molecule has 18 heavy (non-hydrogen) atoms. The third-order valence-electron chi connectivity index (χ3n) is 5.40. The van der Waals surface area contributed by atoms with E-state index in [1.54, 1.807) is 0 Å². The smallest absolute Gasteiger partial charge is 0.00927 e. The molecule has 1 aliphatic carbocycles. The average molecular weight is 252 g/mol. The van der Waals surface area contributed by atoms with Gasteiger partial charge in [-0.25, -0.2) is 0 Å². The van der Waals surface area contributed by atoms with Crippen molar-refractivity contribution in [2.24, 2.45) is 23.5 Å². The summed E-state index contributed by atoms with van der Waals surface area (Å²) < 4.78 is 0. The van der Waals surface area contributed by atoms with Crippen LogP contribution in [-0.4, -0.2) is 30.1 Å². The fourth-order valence-corrected chi connectivity index (χ4v) is 4.32. The van der Waals surface area contributed by atoms with Crippen LogP contribution < -0.4 is 5.73 Å². The highest BCUT2D eigenvalue weighted by Gasteiger charge is 2.34. The Labute approximate surface area is 113 Å². The first-order chi connectivity index (χ1) is 8.61. The van der Waals surface area contributed by atoms with Crippen molar-refractivity contribution in [3.8, 4) is 0 Å². The number of rotatable bonds is 3. The lowest BCUT2D eigenvalue weighted by Crippen LogP contribution is -2.50. The Balaban J connectivity index is 1.94. The molecule has 5 unspecified atom stereocenters. The van der Waals surface area contributed by atoms with Crippen molar-refractivity contribution >= 4 is 0 Å². The number of hydrogen-bond donors (Lipinski definition) is 1. The van der Waals surface area contributed by atoms with Crippen LogP contribution in [0.2, 0.25) is 0 Å². The molecule has 5 atom stereocenters. The highest BCUT2D eigenvalue weighted by atomic mass is 15.2. The second kappa shape index (κ2) is 6.38. The zero-order valence-corrected chi connectivity index (χ0v) is 12.6. The summed E-state index contributed by atoms with van der Waals surface area (Å²) in [4.78, 5) is 2.75. The van der Waals surface area contributed by atoms with Gasteiger partial charge in [-0.05, 0) is 56.4 Å². The van der Waals surface area contributed by atoms with Crippen LogP contribution >= 0.6 is 0 Å². The van der Waals surface area contributed by atoms with Crippen LogP contribution in [-0.2, 0) is 0 Å². The van der Waals surface area contributed by atoms with E-state index >= 15 is 0 Å². The fourth-order valence-electron chi connectivity index (χ4n) is 4.32. The van der Waals surface area contributed by atoms with E-state index in [1.807, 2.05) is 0 Å². The van der Waals surface area contributed by atoms with Crippen LogP contribution in [0, 0.1) is 17.8 Å². The predicted molar refractivity (Wildman–Crippen MR) is 78.5 cm³/mol. The van der Waals surface area contributed by atoms with Gasteiger partial charge in [0.25, 0.3) is 0 Å². The third kappa shape index (κ3) is 3.27. The van der Waals surface area contributed by atoms with Crippen LogP contribution in [0.4, 0.5) is 0 Å². The monoisotopic (exact) mass is 252 g/mol. The summed E-state index contributed by atoms with van der Waals surface area (Å²) in [5.74, 6) is 2.37. The Morgan fingerprint density at radius 2 is 1.94 bits per heavy atom. The fraction of sp³-hybridized carbons (Fsp3) is 1.00. The van der Waals surface area contributed by atoms with Gasteiger partial charge in [-0.1, -0.05) is 27.2 Å². The third-order valence-corrected chi connectivity index (χ3v) is 5.40. The molecular weight excluding hydrogens is 220 g/mol. The lowest BCUT2D eigenvalue weighted by atomic mass is 9.72. The molecule has 106 valence electrons. The molecule has 2 rings (SSSR count). The van der Waals surface area contributed by atoms with E-state index in [2.05, 4.69) is 25.7 Å². The van der Waals surface area contributed by atoms with Crippen molar-refractivity contribution in [2.45, 2.75) is 71.4 Å². The maximum Gasteiger partial charge on any atom is 0.00927 e. The average Bonchev–Trinajstić information content (AvgIpc) is 2.34. The van der Waals surface area contributed by atoms with Crippen molar-refractivity contribution < 1.29 is 0 Å². The second-order valence-corrected chi connectivity index (χ2v) is 6.93. The number of likely N-dealkylation sites (tertiary alicyclic amines) is 1. The molecule has 2 fully saturated rings. The van der Waals surface area contributed by atoms with Gasteiger partial charge in [-0.2, -0.15) is 0 Å². The minimum atomic E-state index is 0.434.